The van der Waals surface area contributed by atoms with Gasteiger partial charge < -0.3 is 20.1 Å². The number of hydrogen-bond acceptors (Lipinski definition) is 4. The number of aryl methyl sites for hydroxylation is 1. The van der Waals surface area contributed by atoms with Gasteiger partial charge in [0.25, 0.3) is 0 Å². The molecule has 0 aliphatic carbocycles. The summed E-state index contributed by atoms with van der Waals surface area (Å²) in [6.07, 6.45) is 1.83. The van der Waals surface area contributed by atoms with Crippen LogP contribution in [0.5, 0.6) is 5.88 Å². The fourth-order valence-corrected chi connectivity index (χ4v) is 3.81. The number of aromatic hydroxyl groups is 1. The first-order valence-corrected chi connectivity index (χ1v) is 9.02. The Balaban J connectivity index is 2.38. The molecule has 5 nitrogen and oxygen atoms in total. The van der Waals surface area contributed by atoms with Gasteiger partial charge in [-0.25, -0.2) is 0 Å². The summed E-state index contributed by atoms with van der Waals surface area (Å²) >= 11 is 12.5. The third-order valence-electron chi connectivity index (χ3n) is 4.55. The molecule has 3 N–H and O–H groups in total. The Morgan fingerprint density at radius 1 is 1.35 bits per heavy atom. The van der Waals surface area contributed by atoms with E-state index in [2.05, 4.69) is 4.98 Å². The molecule has 138 valence electrons. The number of rotatable bonds is 5. The van der Waals surface area contributed by atoms with Crippen molar-refractivity contribution in [1.82, 2.24) is 9.55 Å². The first-order chi connectivity index (χ1) is 12.4. The Morgan fingerprint density at radius 2 is 2.08 bits per heavy atom. The molecule has 7 heteroatoms. The van der Waals surface area contributed by atoms with Crippen LogP contribution in [0.1, 0.15) is 24.2 Å². The lowest BCUT2D eigenvalue weighted by molar-refractivity contribution is 0.158. The highest BCUT2D eigenvalue weighted by Crippen LogP contribution is 2.42. The van der Waals surface area contributed by atoms with Crippen molar-refractivity contribution in [1.29, 1.82) is 0 Å². The largest absolute Gasteiger partial charge is 0.494 e. The van der Waals surface area contributed by atoms with Crippen molar-refractivity contribution >= 4 is 34.1 Å². The zero-order valence-electron chi connectivity index (χ0n) is 14.9. The fraction of sp³-hybridized carbons (Fsp3) is 0.316. The van der Waals surface area contributed by atoms with Gasteiger partial charge in [0.2, 0.25) is 5.88 Å². The molecule has 0 saturated heterocycles. The highest BCUT2D eigenvalue weighted by molar-refractivity contribution is 6.36. The van der Waals surface area contributed by atoms with E-state index in [1.807, 2.05) is 26.1 Å². The summed E-state index contributed by atoms with van der Waals surface area (Å²) in [6, 6.07) is 5.24. The quantitative estimate of drug-likeness (QED) is 0.659. The van der Waals surface area contributed by atoms with E-state index in [0.29, 0.717) is 27.6 Å². The van der Waals surface area contributed by atoms with Crippen molar-refractivity contribution in [2.45, 2.75) is 26.4 Å². The molecule has 3 aromatic rings. The van der Waals surface area contributed by atoms with E-state index >= 15 is 0 Å². The molecule has 26 heavy (non-hydrogen) atoms. The summed E-state index contributed by atoms with van der Waals surface area (Å²) in [5, 5.41) is 12.6. The minimum Gasteiger partial charge on any atom is -0.494 e. The minimum absolute atomic E-state index is 0.0515. The second-order valence-corrected chi connectivity index (χ2v) is 7.15. The van der Waals surface area contributed by atoms with Crippen LogP contribution in [0.25, 0.3) is 22.0 Å². The van der Waals surface area contributed by atoms with E-state index in [0.717, 1.165) is 22.4 Å². The van der Waals surface area contributed by atoms with Gasteiger partial charge in [-0.1, -0.05) is 29.3 Å². The molecule has 0 fully saturated rings. The maximum Gasteiger partial charge on any atom is 0.201 e. The van der Waals surface area contributed by atoms with Crippen molar-refractivity contribution in [2.75, 3.05) is 13.7 Å². The summed E-state index contributed by atoms with van der Waals surface area (Å²) in [5.41, 5.74) is 9.89. The van der Waals surface area contributed by atoms with Gasteiger partial charge in [0.15, 0.2) is 0 Å². The van der Waals surface area contributed by atoms with E-state index in [9.17, 15) is 5.11 Å². The molecule has 1 unspecified atom stereocenters. The highest BCUT2D eigenvalue weighted by atomic mass is 35.5. The first kappa shape index (κ1) is 19.0. The summed E-state index contributed by atoms with van der Waals surface area (Å²) < 4.78 is 6.97. The number of nitrogens with two attached hydrogens (primary N) is 1. The number of ether oxygens (including phenoxy) is 1. The van der Waals surface area contributed by atoms with Crippen LogP contribution in [0.3, 0.4) is 0 Å². The van der Waals surface area contributed by atoms with Crippen molar-refractivity contribution in [3.8, 4) is 17.0 Å². The first-order valence-electron chi connectivity index (χ1n) is 8.26. The molecule has 1 atom stereocenters. The number of hydrogen-bond donors (Lipinski definition) is 2. The number of fused-ring (bicyclic) bond motifs is 1. The van der Waals surface area contributed by atoms with E-state index in [-0.39, 0.29) is 18.5 Å². The molecule has 2 aromatic heterocycles. The SMILES string of the molecule is COCC(C)n1cc2nc(C)c(CN)c(-c3ccc(Cl)cc3Cl)c2c1O. The monoisotopic (exact) mass is 393 g/mol. The Morgan fingerprint density at radius 3 is 2.69 bits per heavy atom. The molecule has 0 aliphatic rings. The van der Waals surface area contributed by atoms with E-state index in [1.54, 1.807) is 23.8 Å². The summed E-state index contributed by atoms with van der Waals surface area (Å²) in [6.45, 7) is 4.62. The fourth-order valence-electron chi connectivity index (χ4n) is 3.30. The van der Waals surface area contributed by atoms with Crippen molar-refractivity contribution < 1.29 is 9.84 Å². The zero-order chi connectivity index (χ0) is 19.0. The van der Waals surface area contributed by atoms with Crippen molar-refractivity contribution in [2.24, 2.45) is 5.73 Å². The van der Waals surface area contributed by atoms with Gasteiger partial charge in [-0.05, 0) is 31.5 Å². The van der Waals surface area contributed by atoms with Gasteiger partial charge in [0, 0.05) is 46.7 Å². The normalized spacial score (nSPS) is 12.7. The van der Waals surface area contributed by atoms with Crippen LogP contribution < -0.4 is 5.73 Å². The number of aromatic nitrogens is 2. The standard InChI is InChI=1S/C19H21Cl2N3O2/c1-10(9-26-3)24-8-16-18(19(24)25)17(14(7-22)11(2)23-16)13-5-4-12(20)6-15(13)21/h4-6,8,10,25H,7,9,22H2,1-3H3. The lowest BCUT2D eigenvalue weighted by atomic mass is 9.95. The molecule has 0 aliphatic heterocycles. The van der Waals surface area contributed by atoms with Crippen molar-refractivity contribution in [3.05, 3.63) is 45.7 Å². The maximum absolute atomic E-state index is 10.9. The molecule has 0 amide bonds. The number of nitrogens with zero attached hydrogens (tertiary/aromatic N) is 2. The molecule has 0 saturated carbocycles. The Bertz CT molecular complexity index is 969. The van der Waals surface area contributed by atoms with Gasteiger partial charge in [0.1, 0.15) is 0 Å². The molecular formula is C19H21Cl2N3O2. The van der Waals surface area contributed by atoms with Crippen LogP contribution in [-0.4, -0.2) is 28.4 Å². The van der Waals surface area contributed by atoms with Crippen molar-refractivity contribution in [3.63, 3.8) is 0 Å². The van der Waals surface area contributed by atoms with Gasteiger partial charge in [-0.3, -0.25) is 4.98 Å². The van der Waals surface area contributed by atoms with Crippen LogP contribution in [0, 0.1) is 6.92 Å². The zero-order valence-corrected chi connectivity index (χ0v) is 16.4. The van der Waals surface area contributed by atoms with Crippen LogP contribution in [0.4, 0.5) is 0 Å². The smallest absolute Gasteiger partial charge is 0.201 e. The predicted octanol–water partition coefficient (Wildman–Crippen LogP) is 4.69. The molecule has 3 rings (SSSR count). The Hall–Kier alpha value is -1.79. The highest BCUT2D eigenvalue weighted by Gasteiger charge is 2.23. The summed E-state index contributed by atoms with van der Waals surface area (Å²) in [4.78, 5) is 4.63. The molecule has 1 aromatic carbocycles. The van der Waals surface area contributed by atoms with Gasteiger partial charge in [-0.15, -0.1) is 0 Å². The number of pyridine rings is 1. The van der Waals surface area contributed by atoms with Crippen LogP contribution in [-0.2, 0) is 11.3 Å². The molecule has 0 bridgehead atoms. The van der Waals surface area contributed by atoms with E-state index < -0.39 is 0 Å². The van der Waals surface area contributed by atoms with E-state index in [4.69, 9.17) is 33.7 Å². The van der Waals surface area contributed by atoms with Gasteiger partial charge in [0.05, 0.1) is 23.6 Å². The molecule has 0 spiro atoms. The second-order valence-electron chi connectivity index (χ2n) is 6.30. The van der Waals surface area contributed by atoms with Crippen LogP contribution in [0.15, 0.2) is 24.4 Å². The van der Waals surface area contributed by atoms with Crippen LogP contribution >= 0.6 is 23.2 Å². The molecular weight excluding hydrogens is 373 g/mol. The number of methoxy groups -OCH3 is 1. The van der Waals surface area contributed by atoms with Gasteiger partial charge in [-0.2, -0.15) is 0 Å². The Labute approximate surface area is 162 Å². The third-order valence-corrected chi connectivity index (χ3v) is 5.10. The number of benzene rings is 1. The maximum atomic E-state index is 10.9. The molecule has 0 radical (unpaired) electrons. The van der Waals surface area contributed by atoms with Gasteiger partial charge >= 0.3 is 0 Å². The Kier molecular flexibility index (Phi) is 5.44. The minimum atomic E-state index is -0.0515. The summed E-state index contributed by atoms with van der Waals surface area (Å²) in [5.74, 6) is 0.118. The second kappa shape index (κ2) is 7.45. The van der Waals surface area contributed by atoms with E-state index in [1.165, 1.54) is 0 Å². The lowest BCUT2D eigenvalue weighted by Crippen LogP contribution is -2.09. The van der Waals surface area contributed by atoms with Crippen LogP contribution in [0.2, 0.25) is 10.0 Å². The topological polar surface area (TPSA) is 73.3 Å². The number of halogens is 2. The summed E-state index contributed by atoms with van der Waals surface area (Å²) in [7, 11) is 1.63. The molecule has 2 heterocycles. The lowest BCUT2D eigenvalue weighted by Gasteiger charge is -2.15. The third kappa shape index (κ3) is 3.16. The predicted molar refractivity (Wildman–Crippen MR) is 106 cm³/mol. The average molecular weight is 394 g/mol. The average Bonchev–Trinajstić information content (AvgIpc) is 2.90.